The van der Waals surface area contributed by atoms with E-state index >= 15 is 0 Å². The molecule has 3 nitrogen and oxygen atoms in total. The Balaban J connectivity index is 0.00000141. The first-order valence-corrected chi connectivity index (χ1v) is 11.1. The van der Waals surface area contributed by atoms with Gasteiger partial charge in [0.05, 0.1) is 11.4 Å². The number of allylic oxidation sites excluding steroid dienone is 1. The third kappa shape index (κ3) is 6.51. The second-order valence-corrected chi connectivity index (χ2v) is 7.09. The first-order valence-electron chi connectivity index (χ1n) is 11.1. The van der Waals surface area contributed by atoms with E-state index in [-0.39, 0.29) is 0 Å². The largest absolute Gasteiger partial charge is 0.398 e. The second kappa shape index (κ2) is 12.0. The lowest BCUT2D eigenvalue weighted by Crippen LogP contribution is -2.00. The van der Waals surface area contributed by atoms with Crippen molar-refractivity contribution in [3.8, 4) is 0 Å². The van der Waals surface area contributed by atoms with Gasteiger partial charge in [0.25, 0.3) is 0 Å². The van der Waals surface area contributed by atoms with E-state index in [0.717, 1.165) is 40.4 Å². The summed E-state index contributed by atoms with van der Waals surface area (Å²) in [6.07, 6.45) is 2.83. The number of rotatable bonds is 7. The average Bonchev–Trinajstić information content (AvgIpc) is 2.87. The van der Waals surface area contributed by atoms with E-state index in [9.17, 15) is 0 Å². The van der Waals surface area contributed by atoms with Gasteiger partial charge in [0, 0.05) is 17.1 Å². The summed E-state index contributed by atoms with van der Waals surface area (Å²) in [5.41, 5.74) is 13.4. The smallest absolute Gasteiger partial charge is 0.0626 e. The fraction of sp³-hybridized carbons (Fsp3) is 0.103. The van der Waals surface area contributed by atoms with Crippen LogP contribution in [-0.2, 0) is 6.42 Å². The first-order chi connectivity index (χ1) is 15.8. The van der Waals surface area contributed by atoms with Crippen molar-refractivity contribution in [1.29, 1.82) is 0 Å². The molecule has 0 spiro atoms. The number of nitrogens with one attached hydrogen (secondary N) is 2. The second-order valence-electron chi connectivity index (χ2n) is 7.09. The molecular weight excluding hydrogens is 390 g/mol. The van der Waals surface area contributed by atoms with Gasteiger partial charge in [-0.2, -0.15) is 0 Å². The zero-order chi connectivity index (χ0) is 22.6. The summed E-state index contributed by atoms with van der Waals surface area (Å²) in [6, 6.07) is 36.9. The maximum absolute atomic E-state index is 6.27. The van der Waals surface area contributed by atoms with Gasteiger partial charge in [-0.15, -0.1) is 0 Å². The average molecular weight is 422 g/mol. The van der Waals surface area contributed by atoms with Crippen LogP contribution in [0.1, 0.15) is 25.0 Å². The van der Waals surface area contributed by atoms with Gasteiger partial charge in [-0.3, -0.25) is 0 Å². The molecule has 4 aromatic rings. The molecule has 0 heterocycles. The normalized spacial score (nSPS) is 10.6. The van der Waals surface area contributed by atoms with Gasteiger partial charge in [0.1, 0.15) is 0 Å². The van der Waals surface area contributed by atoms with Crippen molar-refractivity contribution in [3.63, 3.8) is 0 Å². The van der Waals surface area contributed by atoms with E-state index in [1.54, 1.807) is 0 Å². The molecule has 4 N–H and O–H groups in total. The Labute approximate surface area is 191 Å². The molecule has 0 unspecified atom stereocenters. The molecule has 0 bridgehead atoms. The highest BCUT2D eigenvalue weighted by Crippen LogP contribution is 2.30. The van der Waals surface area contributed by atoms with E-state index in [1.807, 2.05) is 80.6 Å². The standard InChI is InChI=1S/C27H25N3.C2H6/c28-25(22-10-4-1-5-11-22)18-16-21-17-19-26(29-23-12-6-2-7-13-23)27(20-21)30-24-14-8-3-9-15-24;1-2/h1-15,17-20,29-30H,16,28H2;1-2H3/b25-18-;. The topological polar surface area (TPSA) is 50.1 Å². The Morgan fingerprint density at radius 1 is 0.656 bits per heavy atom. The van der Waals surface area contributed by atoms with Crippen LogP contribution in [0, 0.1) is 0 Å². The number of hydrogen-bond donors (Lipinski definition) is 3. The van der Waals surface area contributed by atoms with E-state index in [4.69, 9.17) is 5.73 Å². The Kier molecular flexibility index (Phi) is 8.52. The van der Waals surface area contributed by atoms with Crippen molar-refractivity contribution in [2.45, 2.75) is 20.3 Å². The third-order valence-corrected chi connectivity index (χ3v) is 4.85. The van der Waals surface area contributed by atoms with Gasteiger partial charge in [0.15, 0.2) is 0 Å². The Morgan fingerprint density at radius 3 is 1.72 bits per heavy atom. The Bertz CT molecular complexity index is 1100. The minimum Gasteiger partial charge on any atom is -0.398 e. The summed E-state index contributed by atoms with van der Waals surface area (Å²) in [5, 5.41) is 7.05. The number of anilines is 4. The fourth-order valence-corrected chi connectivity index (χ4v) is 3.26. The van der Waals surface area contributed by atoms with Gasteiger partial charge < -0.3 is 16.4 Å². The number of benzene rings is 4. The van der Waals surface area contributed by atoms with Gasteiger partial charge >= 0.3 is 0 Å². The monoisotopic (exact) mass is 421 g/mol. The highest BCUT2D eigenvalue weighted by atomic mass is 15.0. The number of nitrogens with two attached hydrogens (primary N) is 1. The molecule has 3 heteroatoms. The van der Waals surface area contributed by atoms with Gasteiger partial charge in [-0.25, -0.2) is 0 Å². The maximum Gasteiger partial charge on any atom is 0.0626 e. The van der Waals surface area contributed by atoms with Crippen molar-refractivity contribution in [3.05, 3.63) is 126 Å². The Morgan fingerprint density at radius 2 is 1.16 bits per heavy atom. The summed E-state index contributed by atoms with van der Waals surface area (Å²) in [7, 11) is 0. The number of hydrogen-bond acceptors (Lipinski definition) is 3. The van der Waals surface area contributed by atoms with E-state index < -0.39 is 0 Å². The SMILES string of the molecule is CC.N/C(=C\Cc1ccc(Nc2ccccc2)c(Nc2ccccc2)c1)c1ccccc1. The van der Waals surface area contributed by atoms with Gasteiger partial charge in [-0.05, 0) is 53.9 Å². The number of para-hydroxylation sites is 2. The minimum atomic E-state index is 0.760. The zero-order valence-corrected chi connectivity index (χ0v) is 18.8. The fourth-order valence-electron chi connectivity index (χ4n) is 3.26. The third-order valence-electron chi connectivity index (χ3n) is 4.85. The molecule has 0 saturated carbocycles. The van der Waals surface area contributed by atoms with Crippen LogP contribution >= 0.6 is 0 Å². The lowest BCUT2D eigenvalue weighted by Gasteiger charge is -2.16. The Hall–Kier alpha value is -3.98. The van der Waals surface area contributed by atoms with Crippen LogP contribution in [0.4, 0.5) is 22.7 Å². The molecule has 0 radical (unpaired) electrons. The quantitative estimate of drug-likeness (QED) is 0.286. The minimum absolute atomic E-state index is 0.760. The first kappa shape index (κ1) is 22.7. The van der Waals surface area contributed by atoms with Crippen molar-refractivity contribution in [2.24, 2.45) is 5.73 Å². The lowest BCUT2D eigenvalue weighted by atomic mass is 10.1. The highest BCUT2D eigenvalue weighted by molar-refractivity contribution is 5.79. The molecule has 32 heavy (non-hydrogen) atoms. The van der Waals surface area contributed by atoms with Crippen LogP contribution in [0.5, 0.6) is 0 Å². The predicted molar refractivity (Wildman–Crippen MR) is 140 cm³/mol. The van der Waals surface area contributed by atoms with Crippen molar-refractivity contribution in [1.82, 2.24) is 0 Å². The molecular formula is C29H31N3. The summed E-state index contributed by atoms with van der Waals surface area (Å²) < 4.78 is 0. The molecule has 0 aliphatic rings. The molecule has 0 amide bonds. The van der Waals surface area contributed by atoms with Crippen LogP contribution in [-0.4, -0.2) is 0 Å². The summed E-state index contributed by atoms with van der Waals surface area (Å²) in [4.78, 5) is 0. The molecule has 0 atom stereocenters. The van der Waals surface area contributed by atoms with E-state index in [2.05, 4.69) is 59.2 Å². The van der Waals surface area contributed by atoms with Crippen LogP contribution in [0.3, 0.4) is 0 Å². The summed E-state index contributed by atoms with van der Waals surface area (Å²) in [5.74, 6) is 0. The van der Waals surface area contributed by atoms with Crippen LogP contribution in [0.15, 0.2) is 115 Å². The lowest BCUT2D eigenvalue weighted by molar-refractivity contribution is 1.26. The molecule has 4 rings (SSSR count). The van der Waals surface area contributed by atoms with Gasteiger partial charge in [-0.1, -0.05) is 92.7 Å². The molecule has 162 valence electrons. The molecule has 0 aromatic heterocycles. The summed E-state index contributed by atoms with van der Waals surface area (Å²) >= 11 is 0. The van der Waals surface area contributed by atoms with E-state index in [1.165, 1.54) is 5.56 Å². The van der Waals surface area contributed by atoms with Crippen molar-refractivity contribution < 1.29 is 0 Å². The van der Waals surface area contributed by atoms with Crippen LogP contribution in [0.2, 0.25) is 0 Å². The molecule has 0 fully saturated rings. The molecule has 0 aliphatic heterocycles. The van der Waals surface area contributed by atoms with Gasteiger partial charge in [0.2, 0.25) is 0 Å². The predicted octanol–water partition coefficient (Wildman–Crippen LogP) is 7.74. The van der Waals surface area contributed by atoms with Crippen LogP contribution in [0.25, 0.3) is 5.70 Å². The molecule has 0 aliphatic carbocycles. The highest BCUT2D eigenvalue weighted by Gasteiger charge is 2.06. The van der Waals surface area contributed by atoms with Crippen molar-refractivity contribution in [2.75, 3.05) is 10.6 Å². The molecule has 0 saturated heterocycles. The summed E-state index contributed by atoms with van der Waals surface area (Å²) in [6.45, 7) is 4.00. The molecule has 4 aromatic carbocycles. The maximum atomic E-state index is 6.27. The van der Waals surface area contributed by atoms with Crippen LogP contribution < -0.4 is 16.4 Å². The zero-order valence-electron chi connectivity index (χ0n) is 18.8. The van der Waals surface area contributed by atoms with E-state index in [0.29, 0.717) is 0 Å². The van der Waals surface area contributed by atoms with Crippen molar-refractivity contribution >= 4 is 28.4 Å².